The lowest BCUT2D eigenvalue weighted by Crippen LogP contribution is -2.31. The number of carbonyl (C=O) groups is 1. The first kappa shape index (κ1) is 19.5. The Morgan fingerprint density at radius 1 is 1.16 bits per heavy atom. The van der Waals surface area contributed by atoms with Gasteiger partial charge in [0.2, 0.25) is 5.91 Å². The Bertz CT molecular complexity index is 575. The Balaban J connectivity index is 1.74. The van der Waals surface area contributed by atoms with Crippen LogP contribution in [0.1, 0.15) is 63.0 Å². The minimum atomic E-state index is 0.0894. The highest BCUT2D eigenvalue weighted by atomic mass is 16.1. The molecule has 0 saturated carbocycles. The number of hydrogen-bond acceptors (Lipinski definition) is 3. The maximum Gasteiger partial charge on any atom is 0.226 e. The molecule has 0 unspecified atom stereocenters. The third-order valence-corrected chi connectivity index (χ3v) is 4.89. The largest absolute Gasteiger partial charge is 0.358 e. The highest BCUT2D eigenvalue weighted by Gasteiger charge is 2.17. The molecule has 1 aromatic carbocycles. The lowest BCUT2D eigenvalue weighted by molar-refractivity contribution is -0.116. The monoisotopic (exact) mass is 343 g/mol. The van der Waals surface area contributed by atoms with E-state index in [-0.39, 0.29) is 5.91 Å². The lowest BCUT2D eigenvalue weighted by Gasteiger charge is -2.20. The van der Waals surface area contributed by atoms with Gasteiger partial charge < -0.3 is 10.2 Å². The summed E-state index contributed by atoms with van der Waals surface area (Å²) in [6, 6.07) is 6.09. The SMILES string of the molecule is CCCCCCCC1=NCCN1CCC(=O)Nc1c(C)cccc1C. The van der Waals surface area contributed by atoms with Crippen molar-refractivity contribution in [2.24, 2.45) is 4.99 Å². The van der Waals surface area contributed by atoms with Crippen LogP contribution in [0.2, 0.25) is 0 Å². The van der Waals surface area contributed by atoms with Crippen LogP contribution in [0.4, 0.5) is 5.69 Å². The van der Waals surface area contributed by atoms with Gasteiger partial charge in [0, 0.05) is 31.6 Å². The van der Waals surface area contributed by atoms with Gasteiger partial charge in [-0.25, -0.2) is 0 Å². The first-order valence-corrected chi connectivity index (χ1v) is 9.76. The Labute approximate surface area is 152 Å². The second-order valence-electron chi connectivity index (χ2n) is 7.01. The molecule has 0 fully saturated rings. The molecule has 138 valence electrons. The normalized spacial score (nSPS) is 13.9. The van der Waals surface area contributed by atoms with Crippen LogP contribution in [0.3, 0.4) is 0 Å². The number of anilines is 1. The molecule has 1 aromatic rings. The number of amidine groups is 1. The number of unbranched alkanes of at least 4 members (excludes halogenated alkanes) is 4. The first-order chi connectivity index (χ1) is 12.1. The Kier molecular flexibility index (Phi) is 7.96. The molecular weight excluding hydrogens is 310 g/mol. The quantitative estimate of drug-likeness (QED) is 0.626. The average molecular weight is 344 g/mol. The summed E-state index contributed by atoms with van der Waals surface area (Å²) < 4.78 is 0. The molecule has 0 bridgehead atoms. The summed E-state index contributed by atoms with van der Waals surface area (Å²) in [5, 5.41) is 3.08. The van der Waals surface area contributed by atoms with E-state index in [4.69, 9.17) is 0 Å². The molecule has 1 aliphatic rings. The van der Waals surface area contributed by atoms with Crippen molar-refractivity contribution in [3.05, 3.63) is 29.3 Å². The van der Waals surface area contributed by atoms with Gasteiger partial charge in [-0.05, 0) is 31.4 Å². The van der Waals surface area contributed by atoms with Crippen LogP contribution in [0.15, 0.2) is 23.2 Å². The maximum absolute atomic E-state index is 12.3. The van der Waals surface area contributed by atoms with Crippen LogP contribution in [0.25, 0.3) is 0 Å². The van der Waals surface area contributed by atoms with Crippen molar-refractivity contribution in [2.45, 2.75) is 65.7 Å². The maximum atomic E-state index is 12.3. The summed E-state index contributed by atoms with van der Waals surface area (Å²) >= 11 is 0. The van der Waals surface area contributed by atoms with Gasteiger partial charge in [0.15, 0.2) is 0 Å². The van der Waals surface area contributed by atoms with Gasteiger partial charge in [0.25, 0.3) is 0 Å². The van der Waals surface area contributed by atoms with Crippen molar-refractivity contribution < 1.29 is 4.79 Å². The number of benzene rings is 1. The van der Waals surface area contributed by atoms with Crippen LogP contribution in [0.5, 0.6) is 0 Å². The molecule has 1 aliphatic heterocycles. The number of para-hydroxylation sites is 1. The third kappa shape index (κ3) is 6.18. The van der Waals surface area contributed by atoms with Crippen molar-refractivity contribution in [2.75, 3.05) is 25.0 Å². The Morgan fingerprint density at radius 3 is 2.60 bits per heavy atom. The molecule has 0 saturated heterocycles. The predicted octanol–water partition coefficient (Wildman–Crippen LogP) is 4.71. The number of nitrogens with zero attached hydrogens (tertiary/aromatic N) is 2. The van der Waals surface area contributed by atoms with Crippen LogP contribution in [-0.4, -0.2) is 36.3 Å². The van der Waals surface area contributed by atoms with E-state index in [9.17, 15) is 4.79 Å². The van der Waals surface area contributed by atoms with E-state index >= 15 is 0 Å². The van der Waals surface area contributed by atoms with Crippen molar-refractivity contribution in [3.8, 4) is 0 Å². The van der Waals surface area contributed by atoms with Crippen molar-refractivity contribution >= 4 is 17.4 Å². The van der Waals surface area contributed by atoms with E-state index in [0.717, 1.165) is 42.9 Å². The van der Waals surface area contributed by atoms with Crippen molar-refractivity contribution in [1.82, 2.24) is 4.90 Å². The van der Waals surface area contributed by atoms with E-state index in [1.165, 1.54) is 37.9 Å². The zero-order valence-electron chi connectivity index (χ0n) is 16.1. The first-order valence-electron chi connectivity index (χ1n) is 9.76. The van der Waals surface area contributed by atoms with Gasteiger partial charge in [-0.1, -0.05) is 50.8 Å². The second-order valence-corrected chi connectivity index (χ2v) is 7.01. The van der Waals surface area contributed by atoms with E-state index < -0.39 is 0 Å². The Morgan fingerprint density at radius 2 is 1.88 bits per heavy atom. The van der Waals surface area contributed by atoms with Gasteiger partial charge >= 0.3 is 0 Å². The van der Waals surface area contributed by atoms with Gasteiger partial charge in [-0.15, -0.1) is 0 Å². The molecule has 25 heavy (non-hydrogen) atoms. The molecule has 4 heteroatoms. The number of nitrogens with one attached hydrogen (secondary N) is 1. The molecular formula is C21H33N3O. The predicted molar refractivity (Wildman–Crippen MR) is 106 cm³/mol. The zero-order chi connectivity index (χ0) is 18.1. The molecule has 1 N–H and O–H groups in total. The van der Waals surface area contributed by atoms with Gasteiger partial charge in [-0.3, -0.25) is 9.79 Å². The van der Waals surface area contributed by atoms with E-state index in [2.05, 4.69) is 22.1 Å². The molecule has 0 spiro atoms. The summed E-state index contributed by atoms with van der Waals surface area (Å²) in [6.45, 7) is 8.92. The highest BCUT2D eigenvalue weighted by Crippen LogP contribution is 2.19. The summed E-state index contributed by atoms with van der Waals surface area (Å²) in [5.74, 6) is 1.29. The minimum Gasteiger partial charge on any atom is -0.358 e. The fraction of sp³-hybridized carbons (Fsp3) is 0.619. The smallest absolute Gasteiger partial charge is 0.226 e. The number of rotatable bonds is 10. The summed E-state index contributed by atoms with van der Waals surface area (Å²) in [6.07, 6.45) is 8.00. The average Bonchev–Trinajstić information content (AvgIpc) is 3.04. The third-order valence-electron chi connectivity index (χ3n) is 4.89. The molecule has 2 rings (SSSR count). The van der Waals surface area contributed by atoms with Gasteiger partial charge in [-0.2, -0.15) is 0 Å². The van der Waals surface area contributed by atoms with Crippen LogP contribution in [0, 0.1) is 13.8 Å². The number of aryl methyl sites for hydroxylation is 2. The van der Waals surface area contributed by atoms with Crippen molar-refractivity contribution in [3.63, 3.8) is 0 Å². The van der Waals surface area contributed by atoms with Crippen LogP contribution >= 0.6 is 0 Å². The molecule has 0 aromatic heterocycles. The second kappa shape index (κ2) is 10.2. The number of hydrogen-bond donors (Lipinski definition) is 1. The molecule has 0 radical (unpaired) electrons. The fourth-order valence-electron chi connectivity index (χ4n) is 3.34. The van der Waals surface area contributed by atoms with Gasteiger partial charge in [0.05, 0.1) is 12.4 Å². The summed E-state index contributed by atoms with van der Waals surface area (Å²) in [7, 11) is 0. The molecule has 4 nitrogen and oxygen atoms in total. The zero-order valence-corrected chi connectivity index (χ0v) is 16.1. The molecule has 1 heterocycles. The lowest BCUT2D eigenvalue weighted by atomic mass is 10.1. The molecule has 1 amide bonds. The number of carbonyl (C=O) groups excluding carboxylic acids is 1. The minimum absolute atomic E-state index is 0.0894. The standard InChI is InChI=1S/C21H33N3O/c1-4-5-6-7-8-12-19-22-14-16-24(19)15-13-20(25)23-21-17(2)10-9-11-18(21)3/h9-11H,4-8,12-16H2,1-3H3,(H,23,25). The van der Waals surface area contributed by atoms with Crippen LogP contribution in [-0.2, 0) is 4.79 Å². The van der Waals surface area contributed by atoms with Crippen molar-refractivity contribution in [1.29, 1.82) is 0 Å². The van der Waals surface area contributed by atoms with Gasteiger partial charge in [0.1, 0.15) is 0 Å². The Hall–Kier alpha value is -1.84. The van der Waals surface area contributed by atoms with Crippen LogP contribution < -0.4 is 5.32 Å². The fourth-order valence-corrected chi connectivity index (χ4v) is 3.34. The highest BCUT2D eigenvalue weighted by molar-refractivity contribution is 5.93. The van der Waals surface area contributed by atoms with E-state index in [0.29, 0.717) is 6.42 Å². The summed E-state index contributed by atoms with van der Waals surface area (Å²) in [4.78, 5) is 19.3. The van der Waals surface area contributed by atoms with E-state index in [1.54, 1.807) is 0 Å². The number of amides is 1. The summed E-state index contributed by atoms with van der Waals surface area (Å²) in [5.41, 5.74) is 3.19. The van der Waals surface area contributed by atoms with E-state index in [1.807, 2.05) is 32.0 Å². The molecule has 0 atom stereocenters. The topological polar surface area (TPSA) is 44.7 Å². The molecule has 0 aliphatic carbocycles. The number of aliphatic imine (C=N–C) groups is 1.